The smallest absolute Gasteiger partial charge is 0.361 e. The van der Waals surface area contributed by atoms with Crippen LogP contribution < -0.4 is 0 Å². The van der Waals surface area contributed by atoms with Gasteiger partial charge >= 0.3 is 17.9 Å². The summed E-state index contributed by atoms with van der Waals surface area (Å²) < 4.78 is 22.9. The van der Waals surface area contributed by atoms with E-state index in [2.05, 4.69) is 50.3 Å². The Labute approximate surface area is 439 Å². The summed E-state index contributed by atoms with van der Waals surface area (Å²) in [7, 11) is 5.97. The highest BCUT2D eigenvalue weighted by molar-refractivity contribution is 5.71. The van der Waals surface area contributed by atoms with Gasteiger partial charge in [-0.25, -0.2) is 4.79 Å². The van der Waals surface area contributed by atoms with Gasteiger partial charge in [0.05, 0.1) is 34.4 Å². The first kappa shape index (κ1) is 68.5. The van der Waals surface area contributed by atoms with Gasteiger partial charge in [0.25, 0.3) is 6.29 Å². The lowest BCUT2D eigenvalue weighted by Gasteiger charge is -2.25. The van der Waals surface area contributed by atoms with Crippen LogP contribution in [0.2, 0.25) is 0 Å². The topological polar surface area (TPSA) is 108 Å². The van der Waals surface area contributed by atoms with Gasteiger partial charge in [-0.1, -0.05) is 237 Å². The Balaban J connectivity index is 4.04. The van der Waals surface area contributed by atoms with Crippen LogP contribution in [0.15, 0.2) is 36.5 Å². The molecule has 0 aromatic heterocycles. The van der Waals surface area contributed by atoms with Gasteiger partial charge in [-0.15, -0.1) is 0 Å². The molecule has 0 heterocycles. The number of aliphatic carboxylic acids is 1. The maximum atomic E-state index is 12.9. The lowest BCUT2D eigenvalue weighted by atomic mass is 10.0. The Morgan fingerprint density at radius 3 is 1.14 bits per heavy atom. The van der Waals surface area contributed by atoms with Crippen LogP contribution in [0.25, 0.3) is 0 Å². The Bertz CT molecular complexity index is 1260. The van der Waals surface area contributed by atoms with Gasteiger partial charge in [0, 0.05) is 12.8 Å². The van der Waals surface area contributed by atoms with Crippen molar-refractivity contribution in [2.45, 2.75) is 296 Å². The second-order valence-corrected chi connectivity index (χ2v) is 21.7. The molecule has 0 aromatic carbocycles. The van der Waals surface area contributed by atoms with Crippen molar-refractivity contribution in [1.82, 2.24) is 0 Å². The molecule has 416 valence electrons. The van der Waals surface area contributed by atoms with Crippen molar-refractivity contribution >= 4 is 17.9 Å². The van der Waals surface area contributed by atoms with Crippen LogP contribution >= 0.6 is 0 Å². The highest BCUT2D eigenvalue weighted by Crippen LogP contribution is 2.17. The monoisotopic (exact) mass is 1000 g/mol. The van der Waals surface area contributed by atoms with E-state index in [1.807, 2.05) is 21.1 Å². The number of likely N-dealkylation sites (N-methyl/N-ethyl adjacent to an activating group) is 1. The number of carboxylic acids is 1. The minimum Gasteiger partial charge on any atom is -0.477 e. The molecule has 2 atom stereocenters. The largest absolute Gasteiger partial charge is 0.477 e. The maximum Gasteiger partial charge on any atom is 0.361 e. The van der Waals surface area contributed by atoms with E-state index in [1.165, 1.54) is 193 Å². The van der Waals surface area contributed by atoms with E-state index in [4.69, 9.17) is 18.9 Å². The van der Waals surface area contributed by atoms with Gasteiger partial charge in [-0.2, -0.15) is 0 Å². The molecule has 0 amide bonds. The average Bonchev–Trinajstić information content (AvgIpc) is 3.34. The normalized spacial score (nSPS) is 13.0. The minimum atomic E-state index is -1.51. The van der Waals surface area contributed by atoms with Crippen LogP contribution in [0.5, 0.6) is 0 Å². The predicted molar refractivity (Wildman–Crippen MR) is 300 cm³/mol. The van der Waals surface area contributed by atoms with Crippen LogP contribution in [0, 0.1) is 0 Å². The molecular weight excluding hydrogens is 887 g/mol. The van der Waals surface area contributed by atoms with Crippen molar-refractivity contribution in [3.8, 4) is 0 Å². The highest BCUT2D eigenvalue weighted by Gasteiger charge is 2.25. The third-order valence-electron chi connectivity index (χ3n) is 13.4. The fourth-order valence-electron chi connectivity index (χ4n) is 8.69. The number of ether oxygens (including phenoxy) is 4. The molecule has 2 unspecified atom stereocenters. The molecule has 0 fully saturated rings. The number of allylic oxidation sites excluding steroid dienone is 6. The van der Waals surface area contributed by atoms with Crippen molar-refractivity contribution in [3.63, 3.8) is 0 Å². The maximum absolute atomic E-state index is 12.9. The van der Waals surface area contributed by atoms with Crippen LogP contribution in [0.1, 0.15) is 284 Å². The standard InChI is InChI=1S/C62H115NO8/c1-6-8-10-12-14-16-18-20-21-22-23-24-25-26-27-28-29-30-31-32-33-34-35-36-37-38-39-41-43-45-47-49-51-53-60(65)71-58(57-70-62(61(66)67)68-55-54-63(3,4)5)56-69-59(64)52-50-48-46-44-42-40-19-17-15-13-11-9-7-2/h17-20,22-23,58,62H,6-16,21,24-57H2,1-5H3/p+1/b19-17-,20-18-,23-22-. The SMILES string of the molecule is CCCCCC/C=C\CCCCCCCC(=O)OCC(COC(OCC[N+](C)(C)C)C(=O)O)OC(=O)CCCCCCCCCCCCCCCCCCCCCCC/C=C\C/C=C\CCCCCCC. The van der Waals surface area contributed by atoms with Crippen molar-refractivity contribution in [1.29, 1.82) is 0 Å². The van der Waals surface area contributed by atoms with Gasteiger partial charge in [0.15, 0.2) is 6.10 Å². The van der Waals surface area contributed by atoms with Crippen LogP contribution in [-0.4, -0.2) is 87.4 Å². The number of carbonyl (C=O) groups excluding carboxylic acids is 2. The second-order valence-electron chi connectivity index (χ2n) is 21.7. The lowest BCUT2D eigenvalue weighted by Crippen LogP contribution is -2.40. The quantitative estimate of drug-likeness (QED) is 0.0211. The summed E-state index contributed by atoms with van der Waals surface area (Å²) in [6.07, 6.45) is 62.5. The number of nitrogens with zero attached hydrogens (tertiary/aromatic N) is 1. The van der Waals surface area contributed by atoms with Crippen molar-refractivity contribution in [3.05, 3.63) is 36.5 Å². The summed E-state index contributed by atoms with van der Waals surface area (Å²) in [6, 6.07) is 0. The molecule has 0 saturated carbocycles. The summed E-state index contributed by atoms with van der Waals surface area (Å²) in [5.74, 6) is -2.00. The number of carboxylic acid groups (broad SMARTS) is 1. The van der Waals surface area contributed by atoms with Crippen LogP contribution in [-0.2, 0) is 33.3 Å². The number of carbonyl (C=O) groups is 3. The molecule has 0 bridgehead atoms. The van der Waals surface area contributed by atoms with Crippen molar-refractivity contribution in [2.24, 2.45) is 0 Å². The van der Waals surface area contributed by atoms with E-state index < -0.39 is 24.3 Å². The van der Waals surface area contributed by atoms with Gasteiger partial charge in [-0.05, 0) is 70.6 Å². The summed E-state index contributed by atoms with van der Waals surface area (Å²) in [5, 5.41) is 9.69. The van der Waals surface area contributed by atoms with E-state index >= 15 is 0 Å². The third-order valence-corrected chi connectivity index (χ3v) is 13.4. The first-order valence-electron chi connectivity index (χ1n) is 30.2. The fourth-order valence-corrected chi connectivity index (χ4v) is 8.69. The number of hydrogen-bond donors (Lipinski definition) is 1. The molecule has 0 radical (unpaired) electrons. The van der Waals surface area contributed by atoms with E-state index in [0.29, 0.717) is 17.4 Å². The predicted octanol–water partition coefficient (Wildman–Crippen LogP) is 17.7. The van der Waals surface area contributed by atoms with E-state index in [1.54, 1.807) is 0 Å². The molecule has 0 rings (SSSR count). The number of esters is 2. The zero-order valence-corrected chi connectivity index (χ0v) is 47.4. The van der Waals surface area contributed by atoms with Gasteiger partial charge in [0.2, 0.25) is 0 Å². The fraction of sp³-hybridized carbons (Fsp3) is 0.855. The number of quaternary nitrogens is 1. The molecule has 1 N–H and O–H groups in total. The lowest BCUT2D eigenvalue weighted by molar-refractivity contribution is -0.870. The van der Waals surface area contributed by atoms with Crippen molar-refractivity contribution in [2.75, 3.05) is 47.5 Å². The molecule has 0 saturated heterocycles. The molecule has 0 aliphatic rings. The van der Waals surface area contributed by atoms with E-state index in [9.17, 15) is 19.5 Å². The van der Waals surface area contributed by atoms with Crippen molar-refractivity contribution < 1.29 is 42.9 Å². The average molecular weight is 1000 g/mol. The van der Waals surface area contributed by atoms with Gasteiger partial charge in [-0.3, -0.25) is 9.59 Å². The zero-order valence-electron chi connectivity index (χ0n) is 47.4. The molecule has 0 aliphatic heterocycles. The zero-order chi connectivity index (χ0) is 52.0. The second kappa shape index (κ2) is 53.8. The Morgan fingerprint density at radius 1 is 0.423 bits per heavy atom. The summed E-state index contributed by atoms with van der Waals surface area (Å²) in [6.45, 7) is 4.87. The molecule has 0 spiro atoms. The minimum absolute atomic E-state index is 0.183. The number of rotatable bonds is 56. The van der Waals surface area contributed by atoms with E-state index in [-0.39, 0.29) is 32.2 Å². The Hall–Kier alpha value is -2.49. The van der Waals surface area contributed by atoms with Gasteiger partial charge < -0.3 is 28.5 Å². The molecular formula is C62H116NO8+. The number of unbranched alkanes of at least 4 members (excludes halogenated alkanes) is 35. The summed E-state index contributed by atoms with van der Waals surface area (Å²) in [4.78, 5) is 37.3. The molecule has 0 aromatic rings. The Morgan fingerprint density at radius 2 is 0.761 bits per heavy atom. The summed E-state index contributed by atoms with van der Waals surface area (Å²) >= 11 is 0. The third kappa shape index (κ3) is 55.1. The first-order chi connectivity index (χ1) is 34.6. The highest BCUT2D eigenvalue weighted by atomic mass is 16.7. The Kier molecular flexibility index (Phi) is 51.9. The molecule has 71 heavy (non-hydrogen) atoms. The summed E-state index contributed by atoms with van der Waals surface area (Å²) in [5.41, 5.74) is 0. The van der Waals surface area contributed by atoms with Crippen LogP contribution in [0.3, 0.4) is 0 Å². The van der Waals surface area contributed by atoms with E-state index in [0.717, 1.165) is 64.2 Å². The van der Waals surface area contributed by atoms with Crippen LogP contribution in [0.4, 0.5) is 0 Å². The molecule has 9 heteroatoms. The molecule has 9 nitrogen and oxygen atoms in total. The number of hydrogen-bond acceptors (Lipinski definition) is 7. The molecule has 0 aliphatic carbocycles. The van der Waals surface area contributed by atoms with Gasteiger partial charge in [0.1, 0.15) is 13.2 Å². The first-order valence-corrected chi connectivity index (χ1v) is 30.2.